The average molecular weight is 336 g/mol. The van der Waals surface area contributed by atoms with Crippen molar-refractivity contribution in [2.24, 2.45) is 5.73 Å². The van der Waals surface area contributed by atoms with E-state index in [1.807, 2.05) is 44.2 Å². The summed E-state index contributed by atoms with van der Waals surface area (Å²) >= 11 is 8.57. The van der Waals surface area contributed by atoms with Gasteiger partial charge in [0.15, 0.2) is 0 Å². The first-order chi connectivity index (χ1) is 8.99. The van der Waals surface area contributed by atoms with Crippen molar-refractivity contribution in [1.82, 2.24) is 4.98 Å². The van der Waals surface area contributed by atoms with Gasteiger partial charge in [0.05, 0.1) is 11.4 Å². The van der Waals surface area contributed by atoms with Crippen molar-refractivity contribution in [1.29, 1.82) is 0 Å². The molecule has 1 heterocycles. The Kier molecular flexibility index (Phi) is 4.17. The number of nitrogens with two attached hydrogens (primary N) is 1. The summed E-state index contributed by atoms with van der Waals surface area (Å²) in [5.74, 6) is 0. The van der Waals surface area contributed by atoms with E-state index < -0.39 is 0 Å². The molecule has 19 heavy (non-hydrogen) atoms. The van der Waals surface area contributed by atoms with Gasteiger partial charge in [-0.25, -0.2) is 0 Å². The highest BCUT2D eigenvalue weighted by Gasteiger charge is 2.10. The Labute approximate surface area is 126 Å². The molecule has 98 valence electrons. The van der Waals surface area contributed by atoms with Crippen LogP contribution in [0.1, 0.15) is 17.0 Å². The molecular weight excluding hydrogens is 322 g/mol. The highest BCUT2D eigenvalue weighted by molar-refractivity contribution is 9.10. The molecule has 1 aromatic heterocycles. The van der Waals surface area contributed by atoms with E-state index in [-0.39, 0.29) is 0 Å². The van der Waals surface area contributed by atoms with Crippen molar-refractivity contribution in [3.05, 3.63) is 51.8 Å². The molecule has 5 heteroatoms. The SMILES string of the molecule is Cc1ccc(Nc2cccc(Br)c2C(N)=S)c(C)n1. The predicted molar refractivity (Wildman–Crippen MR) is 87.0 cm³/mol. The van der Waals surface area contributed by atoms with Gasteiger partial charge in [-0.3, -0.25) is 4.98 Å². The number of aromatic nitrogens is 1. The molecule has 0 aliphatic heterocycles. The molecule has 0 aliphatic carbocycles. The van der Waals surface area contributed by atoms with Crippen molar-refractivity contribution in [2.45, 2.75) is 13.8 Å². The Bertz CT molecular complexity index is 641. The van der Waals surface area contributed by atoms with E-state index in [1.165, 1.54) is 0 Å². The molecule has 0 saturated carbocycles. The fourth-order valence-electron chi connectivity index (χ4n) is 1.84. The van der Waals surface area contributed by atoms with Crippen LogP contribution >= 0.6 is 28.1 Å². The third-order valence-corrected chi connectivity index (χ3v) is 3.62. The third kappa shape index (κ3) is 3.11. The van der Waals surface area contributed by atoms with Gasteiger partial charge >= 0.3 is 0 Å². The number of hydrogen-bond donors (Lipinski definition) is 2. The maximum Gasteiger partial charge on any atom is 0.107 e. The maximum atomic E-state index is 5.78. The van der Waals surface area contributed by atoms with Gasteiger partial charge in [0.1, 0.15) is 4.99 Å². The minimum Gasteiger partial charge on any atom is -0.389 e. The number of thiocarbonyl (C=S) groups is 1. The number of benzene rings is 1. The summed E-state index contributed by atoms with van der Waals surface area (Å²) in [4.78, 5) is 4.78. The number of rotatable bonds is 3. The zero-order valence-electron chi connectivity index (χ0n) is 10.7. The monoisotopic (exact) mass is 335 g/mol. The van der Waals surface area contributed by atoms with Gasteiger partial charge in [-0.05, 0) is 54.0 Å². The normalized spacial score (nSPS) is 10.3. The van der Waals surface area contributed by atoms with Crippen LogP contribution in [0.2, 0.25) is 0 Å². The maximum absolute atomic E-state index is 5.78. The second-order valence-corrected chi connectivity index (χ2v) is 5.53. The van der Waals surface area contributed by atoms with E-state index >= 15 is 0 Å². The minimum absolute atomic E-state index is 0.354. The molecule has 0 aliphatic rings. The lowest BCUT2D eigenvalue weighted by Gasteiger charge is -2.14. The van der Waals surface area contributed by atoms with Crippen LogP contribution in [-0.2, 0) is 0 Å². The summed E-state index contributed by atoms with van der Waals surface area (Å²) in [6, 6.07) is 9.76. The summed E-state index contributed by atoms with van der Waals surface area (Å²) in [6.07, 6.45) is 0. The molecule has 0 amide bonds. The minimum atomic E-state index is 0.354. The largest absolute Gasteiger partial charge is 0.389 e. The fraction of sp³-hybridized carbons (Fsp3) is 0.143. The van der Waals surface area contributed by atoms with Crippen molar-refractivity contribution in [3.63, 3.8) is 0 Å². The fourth-order valence-corrected chi connectivity index (χ4v) is 2.77. The van der Waals surface area contributed by atoms with Crippen LogP contribution in [0, 0.1) is 13.8 Å². The van der Waals surface area contributed by atoms with Gasteiger partial charge in [-0.15, -0.1) is 0 Å². The molecule has 0 fully saturated rings. The van der Waals surface area contributed by atoms with Gasteiger partial charge in [0.25, 0.3) is 0 Å². The molecule has 0 bridgehead atoms. The predicted octanol–water partition coefficient (Wildman–Crippen LogP) is 3.84. The van der Waals surface area contributed by atoms with Crippen molar-refractivity contribution in [3.8, 4) is 0 Å². The molecule has 0 spiro atoms. The lowest BCUT2D eigenvalue weighted by atomic mass is 10.1. The molecule has 2 rings (SSSR count). The first-order valence-corrected chi connectivity index (χ1v) is 6.98. The lowest BCUT2D eigenvalue weighted by molar-refractivity contribution is 1.12. The van der Waals surface area contributed by atoms with E-state index in [1.54, 1.807) is 0 Å². The Morgan fingerprint density at radius 1 is 1.21 bits per heavy atom. The van der Waals surface area contributed by atoms with Crippen LogP contribution in [0.4, 0.5) is 11.4 Å². The number of pyridine rings is 1. The zero-order valence-corrected chi connectivity index (χ0v) is 13.1. The highest BCUT2D eigenvalue weighted by atomic mass is 79.9. The third-order valence-electron chi connectivity index (χ3n) is 2.75. The molecule has 0 saturated heterocycles. The van der Waals surface area contributed by atoms with Crippen LogP contribution in [0.3, 0.4) is 0 Å². The summed E-state index contributed by atoms with van der Waals surface area (Å²) < 4.78 is 0.878. The van der Waals surface area contributed by atoms with Crippen LogP contribution in [0.25, 0.3) is 0 Å². The summed E-state index contributed by atoms with van der Waals surface area (Å²) in [5, 5.41) is 3.33. The molecule has 3 nitrogen and oxygen atoms in total. The second-order valence-electron chi connectivity index (χ2n) is 4.24. The van der Waals surface area contributed by atoms with Crippen molar-refractivity contribution >= 4 is 44.5 Å². The zero-order chi connectivity index (χ0) is 14.0. The van der Waals surface area contributed by atoms with E-state index in [9.17, 15) is 0 Å². The van der Waals surface area contributed by atoms with Gasteiger partial charge in [-0.2, -0.15) is 0 Å². The Balaban J connectivity index is 2.44. The average Bonchev–Trinajstić information content (AvgIpc) is 2.32. The molecule has 3 N–H and O–H groups in total. The number of nitrogens with one attached hydrogen (secondary N) is 1. The van der Waals surface area contributed by atoms with E-state index in [0.717, 1.165) is 32.8 Å². The number of nitrogens with zero attached hydrogens (tertiary/aromatic N) is 1. The van der Waals surface area contributed by atoms with Crippen molar-refractivity contribution in [2.75, 3.05) is 5.32 Å². The van der Waals surface area contributed by atoms with Crippen LogP contribution < -0.4 is 11.1 Å². The Morgan fingerprint density at radius 2 is 1.95 bits per heavy atom. The summed E-state index contributed by atoms with van der Waals surface area (Å²) in [7, 11) is 0. The number of anilines is 2. The van der Waals surface area contributed by atoms with Crippen LogP contribution in [0.15, 0.2) is 34.8 Å². The second kappa shape index (κ2) is 5.67. The first kappa shape index (κ1) is 14.0. The van der Waals surface area contributed by atoms with Gasteiger partial charge in [0, 0.05) is 21.4 Å². The van der Waals surface area contributed by atoms with Gasteiger partial charge in [-0.1, -0.05) is 18.3 Å². The van der Waals surface area contributed by atoms with Crippen LogP contribution in [0.5, 0.6) is 0 Å². The number of hydrogen-bond acceptors (Lipinski definition) is 3. The molecular formula is C14H14BrN3S. The smallest absolute Gasteiger partial charge is 0.107 e. The molecule has 2 aromatic rings. The first-order valence-electron chi connectivity index (χ1n) is 5.78. The van der Waals surface area contributed by atoms with Gasteiger partial charge in [0.2, 0.25) is 0 Å². The van der Waals surface area contributed by atoms with E-state index in [2.05, 4.69) is 26.2 Å². The molecule has 1 aromatic carbocycles. The van der Waals surface area contributed by atoms with E-state index in [0.29, 0.717) is 4.99 Å². The van der Waals surface area contributed by atoms with Gasteiger partial charge < -0.3 is 11.1 Å². The quantitative estimate of drug-likeness (QED) is 0.836. The Hall–Kier alpha value is -1.46. The van der Waals surface area contributed by atoms with E-state index in [4.69, 9.17) is 18.0 Å². The van der Waals surface area contributed by atoms with Crippen LogP contribution in [-0.4, -0.2) is 9.97 Å². The summed E-state index contributed by atoms with van der Waals surface area (Å²) in [6.45, 7) is 3.93. The number of halogens is 1. The lowest BCUT2D eigenvalue weighted by Crippen LogP contribution is -2.13. The standard InChI is InChI=1S/C14H14BrN3S/c1-8-6-7-11(9(2)17-8)18-12-5-3-4-10(15)13(12)14(16)19/h3-7,18H,1-2H3,(H2,16,19). The van der Waals surface area contributed by atoms with Crippen molar-refractivity contribution < 1.29 is 0 Å². The summed E-state index contributed by atoms with van der Waals surface area (Å²) in [5.41, 5.74) is 10.3. The Morgan fingerprint density at radius 3 is 2.58 bits per heavy atom. The topological polar surface area (TPSA) is 50.9 Å². The highest BCUT2D eigenvalue weighted by Crippen LogP contribution is 2.28. The molecule has 0 unspecified atom stereocenters. The molecule has 0 radical (unpaired) electrons. The molecule has 0 atom stereocenters. The number of aryl methyl sites for hydroxylation is 2.